The van der Waals surface area contributed by atoms with Crippen molar-refractivity contribution in [3.8, 4) is 0 Å². The van der Waals surface area contributed by atoms with E-state index in [0.29, 0.717) is 17.8 Å². The van der Waals surface area contributed by atoms with E-state index in [0.717, 1.165) is 5.56 Å². The Bertz CT molecular complexity index is 509. The fourth-order valence-electron chi connectivity index (χ4n) is 1.49. The Balaban J connectivity index is 1.98. The molecule has 2 aromatic rings. The SMILES string of the molecule is Nc1cc[c]c(C(=O)NCc2ccccc2)c1. The van der Waals surface area contributed by atoms with Crippen LogP contribution in [0, 0.1) is 6.07 Å². The van der Waals surface area contributed by atoms with Gasteiger partial charge in [0.1, 0.15) is 0 Å². The van der Waals surface area contributed by atoms with E-state index in [1.54, 1.807) is 18.2 Å². The van der Waals surface area contributed by atoms with E-state index in [1.807, 2.05) is 30.3 Å². The molecule has 0 aromatic heterocycles. The molecule has 0 atom stereocenters. The predicted molar refractivity (Wildman–Crippen MR) is 67.3 cm³/mol. The minimum Gasteiger partial charge on any atom is -0.399 e. The smallest absolute Gasteiger partial charge is 0.252 e. The molecule has 0 saturated carbocycles. The summed E-state index contributed by atoms with van der Waals surface area (Å²) in [5.41, 5.74) is 7.69. The molecular formula is C14H13N2O. The first kappa shape index (κ1) is 11.2. The molecule has 17 heavy (non-hydrogen) atoms. The third-order valence-corrected chi connectivity index (χ3v) is 2.37. The maximum Gasteiger partial charge on any atom is 0.252 e. The Morgan fingerprint density at radius 1 is 1.24 bits per heavy atom. The first-order valence-electron chi connectivity index (χ1n) is 5.35. The molecule has 0 spiro atoms. The number of nitrogen functional groups attached to an aromatic ring is 1. The highest BCUT2D eigenvalue weighted by atomic mass is 16.1. The van der Waals surface area contributed by atoms with Crippen molar-refractivity contribution in [3.05, 3.63) is 65.7 Å². The fourth-order valence-corrected chi connectivity index (χ4v) is 1.49. The Labute approximate surface area is 100 Å². The standard InChI is InChI=1S/C14H13N2O/c15-13-8-4-7-12(9-13)14(17)16-10-11-5-2-1-3-6-11/h1-6,8-9H,10,15H2,(H,16,17). The molecule has 3 N–H and O–H groups in total. The molecule has 3 heteroatoms. The van der Waals surface area contributed by atoms with Gasteiger partial charge in [-0.15, -0.1) is 0 Å². The first-order chi connectivity index (χ1) is 8.25. The monoisotopic (exact) mass is 225 g/mol. The summed E-state index contributed by atoms with van der Waals surface area (Å²) >= 11 is 0. The quantitative estimate of drug-likeness (QED) is 0.785. The summed E-state index contributed by atoms with van der Waals surface area (Å²) in [5, 5.41) is 2.82. The van der Waals surface area contributed by atoms with Crippen molar-refractivity contribution in [2.75, 3.05) is 5.73 Å². The van der Waals surface area contributed by atoms with E-state index in [4.69, 9.17) is 5.73 Å². The number of carbonyl (C=O) groups is 1. The number of benzene rings is 2. The van der Waals surface area contributed by atoms with E-state index >= 15 is 0 Å². The molecular weight excluding hydrogens is 212 g/mol. The molecule has 0 bridgehead atoms. The molecule has 85 valence electrons. The highest BCUT2D eigenvalue weighted by Crippen LogP contribution is 2.06. The Morgan fingerprint density at radius 3 is 2.71 bits per heavy atom. The van der Waals surface area contributed by atoms with Crippen LogP contribution in [0.5, 0.6) is 0 Å². The van der Waals surface area contributed by atoms with Gasteiger partial charge in [0, 0.05) is 17.8 Å². The van der Waals surface area contributed by atoms with Gasteiger partial charge in [0.25, 0.3) is 5.91 Å². The van der Waals surface area contributed by atoms with Crippen LogP contribution in [0.4, 0.5) is 5.69 Å². The molecule has 0 aliphatic heterocycles. The van der Waals surface area contributed by atoms with Crippen LogP contribution >= 0.6 is 0 Å². The van der Waals surface area contributed by atoms with Crippen LogP contribution in [0.1, 0.15) is 15.9 Å². The van der Waals surface area contributed by atoms with Gasteiger partial charge < -0.3 is 11.1 Å². The number of anilines is 1. The van der Waals surface area contributed by atoms with Crippen molar-refractivity contribution in [2.24, 2.45) is 0 Å². The number of rotatable bonds is 3. The molecule has 2 rings (SSSR count). The number of carbonyl (C=O) groups excluding carboxylic acids is 1. The predicted octanol–water partition coefficient (Wildman–Crippen LogP) is 2.00. The van der Waals surface area contributed by atoms with Gasteiger partial charge in [-0.05, 0) is 23.8 Å². The number of nitrogens with two attached hydrogens (primary N) is 1. The molecule has 0 fully saturated rings. The summed E-state index contributed by atoms with van der Waals surface area (Å²) < 4.78 is 0. The summed E-state index contributed by atoms with van der Waals surface area (Å²) in [6.07, 6.45) is 0. The van der Waals surface area contributed by atoms with E-state index in [1.165, 1.54) is 0 Å². The van der Waals surface area contributed by atoms with Gasteiger partial charge >= 0.3 is 0 Å². The van der Waals surface area contributed by atoms with Crippen molar-refractivity contribution in [2.45, 2.75) is 6.54 Å². The highest BCUT2D eigenvalue weighted by Gasteiger charge is 2.05. The maximum absolute atomic E-state index is 11.8. The summed E-state index contributed by atoms with van der Waals surface area (Å²) in [5.74, 6) is -0.166. The summed E-state index contributed by atoms with van der Waals surface area (Å²) in [7, 11) is 0. The molecule has 0 unspecified atom stereocenters. The molecule has 0 aliphatic carbocycles. The topological polar surface area (TPSA) is 55.1 Å². The lowest BCUT2D eigenvalue weighted by atomic mass is 10.2. The Kier molecular flexibility index (Phi) is 3.40. The van der Waals surface area contributed by atoms with Crippen molar-refractivity contribution >= 4 is 11.6 Å². The van der Waals surface area contributed by atoms with Gasteiger partial charge in [0.15, 0.2) is 0 Å². The second kappa shape index (κ2) is 5.16. The number of nitrogens with one attached hydrogen (secondary N) is 1. The van der Waals surface area contributed by atoms with Gasteiger partial charge in [0.05, 0.1) is 0 Å². The van der Waals surface area contributed by atoms with Crippen molar-refractivity contribution in [1.29, 1.82) is 0 Å². The number of amides is 1. The third-order valence-electron chi connectivity index (χ3n) is 2.37. The lowest BCUT2D eigenvalue weighted by Gasteiger charge is -2.05. The highest BCUT2D eigenvalue weighted by molar-refractivity contribution is 5.94. The van der Waals surface area contributed by atoms with E-state index in [9.17, 15) is 4.79 Å². The average molecular weight is 225 g/mol. The Hall–Kier alpha value is -2.29. The molecule has 0 heterocycles. The van der Waals surface area contributed by atoms with E-state index in [-0.39, 0.29) is 5.91 Å². The third kappa shape index (κ3) is 3.08. The lowest BCUT2D eigenvalue weighted by Crippen LogP contribution is -2.22. The van der Waals surface area contributed by atoms with Gasteiger partial charge in [-0.2, -0.15) is 0 Å². The largest absolute Gasteiger partial charge is 0.399 e. The summed E-state index contributed by atoms with van der Waals surface area (Å²) in [6.45, 7) is 0.502. The molecule has 1 radical (unpaired) electrons. The molecule has 2 aromatic carbocycles. The number of hydrogen-bond acceptors (Lipinski definition) is 2. The zero-order valence-electron chi connectivity index (χ0n) is 9.31. The normalized spacial score (nSPS) is 9.88. The number of hydrogen-bond donors (Lipinski definition) is 2. The van der Waals surface area contributed by atoms with Crippen LogP contribution in [-0.4, -0.2) is 5.91 Å². The van der Waals surface area contributed by atoms with Crippen molar-refractivity contribution in [3.63, 3.8) is 0 Å². The fraction of sp³-hybridized carbons (Fsp3) is 0.0714. The van der Waals surface area contributed by atoms with Crippen LogP contribution in [-0.2, 0) is 6.54 Å². The van der Waals surface area contributed by atoms with Crippen LogP contribution in [0.3, 0.4) is 0 Å². The van der Waals surface area contributed by atoms with Crippen molar-refractivity contribution < 1.29 is 4.79 Å². The van der Waals surface area contributed by atoms with Crippen LogP contribution in [0.2, 0.25) is 0 Å². The summed E-state index contributed by atoms with van der Waals surface area (Å²) in [4.78, 5) is 11.8. The molecule has 0 aliphatic rings. The Morgan fingerprint density at radius 2 is 2.00 bits per heavy atom. The van der Waals surface area contributed by atoms with Crippen LogP contribution in [0.25, 0.3) is 0 Å². The second-order valence-corrected chi connectivity index (χ2v) is 3.70. The van der Waals surface area contributed by atoms with Gasteiger partial charge in [-0.3, -0.25) is 4.79 Å². The van der Waals surface area contributed by atoms with E-state index < -0.39 is 0 Å². The maximum atomic E-state index is 11.8. The molecule has 3 nitrogen and oxygen atoms in total. The minimum atomic E-state index is -0.166. The van der Waals surface area contributed by atoms with E-state index in [2.05, 4.69) is 11.4 Å². The zero-order valence-corrected chi connectivity index (χ0v) is 9.31. The minimum absolute atomic E-state index is 0.166. The zero-order chi connectivity index (χ0) is 12.1. The first-order valence-corrected chi connectivity index (χ1v) is 5.35. The van der Waals surface area contributed by atoms with Crippen molar-refractivity contribution in [1.82, 2.24) is 5.32 Å². The van der Waals surface area contributed by atoms with Gasteiger partial charge in [-0.25, -0.2) is 0 Å². The summed E-state index contributed by atoms with van der Waals surface area (Å²) in [6, 6.07) is 17.6. The second-order valence-electron chi connectivity index (χ2n) is 3.70. The van der Waals surface area contributed by atoms with Crippen LogP contribution < -0.4 is 11.1 Å². The van der Waals surface area contributed by atoms with Gasteiger partial charge in [0.2, 0.25) is 0 Å². The lowest BCUT2D eigenvalue weighted by molar-refractivity contribution is 0.0950. The van der Waals surface area contributed by atoms with Crippen LogP contribution in [0.15, 0.2) is 48.5 Å². The molecule has 0 saturated heterocycles. The average Bonchev–Trinajstić information content (AvgIpc) is 2.37. The van der Waals surface area contributed by atoms with Gasteiger partial charge in [-0.1, -0.05) is 36.4 Å². The molecule has 1 amide bonds.